The van der Waals surface area contributed by atoms with E-state index < -0.39 is 5.82 Å². The van der Waals surface area contributed by atoms with E-state index in [0.717, 1.165) is 4.88 Å². The number of thiophene rings is 1. The topological polar surface area (TPSA) is 52.7 Å². The van der Waals surface area contributed by atoms with Gasteiger partial charge in [-0.1, -0.05) is 17.7 Å². The van der Waals surface area contributed by atoms with Crippen molar-refractivity contribution in [2.45, 2.75) is 0 Å². The number of carbonyl (C=O) groups is 2. The van der Waals surface area contributed by atoms with Gasteiger partial charge in [0.25, 0.3) is 5.91 Å². The molecule has 0 atom stereocenters. The van der Waals surface area contributed by atoms with Crippen molar-refractivity contribution in [1.82, 2.24) is 9.80 Å². The summed E-state index contributed by atoms with van der Waals surface area (Å²) in [7, 11) is 0. The quantitative estimate of drug-likeness (QED) is 0.885. The predicted molar refractivity (Wildman–Crippen MR) is 96.7 cm³/mol. The minimum absolute atomic E-state index is 0.0292. The fraction of sp³-hybridized carbons (Fsp3) is 0.294. The van der Waals surface area contributed by atoms with E-state index in [1.807, 2.05) is 22.4 Å². The average Bonchev–Trinajstić information content (AvgIpc) is 3.13. The number of anilines is 1. The molecule has 1 aliphatic rings. The first-order valence-corrected chi connectivity index (χ1v) is 9.09. The molecule has 0 unspecified atom stereocenters. The van der Waals surface area contributed by atoms with Crippen LogP contribution in [0.2, 0.25) is 5.02 Å². The Morgan fingerprint density at radius 1 is 1.20 bits per heavy atom. The van der Waals surface area contributed by atoms with Crippen LogP contribution in [0.4, 0.5) is 10.1 Å². The molecule has 1 fully saturated rings. The van der Waals surface area contributed by atoms with Crippen LogP contribution in [0.1, 0.15) is 9.67 Å². The van der Waals surface area contributed by atoms with E-state index in [1.165, 1.54) is 29.5 Å². The molecule has 2 aromatic rings. The zero-order chi connectivity index (χ0) is 17.8. The molecule has 3 rings (SSSR count). The van der Waals surface area contributed by atoms with Crippen molar-refractivity contribution in [3.05, 3.63) is 51.4 Å². The third kappa shape index (κ3) is 4.56. The van der Waals surface area contributed by atoms with Gasteiger partial charge in [-0.05, 0) is 29.6 Å². The maximum absolute atomic E-state index is 13.1. The molecule has 1 aromatic carbocycles. The summed E-state index contributed by atoms with van der Waals surface area (Å²) in [5.41, 5.74) is 0.461. The van der Waals surface area contributed by atoms with Crippen molar-refractivity contribution in [1.29, 1.82) is 0 Å². The molecule has 1 aliphatic heterocycles. The van der Waals surface area contributed by atoms with Crippen molar-refractivity contribution in [3.8, 4) is 0 Å². The lowest BCUT2D eigenvalue weighted by Gasteiger charge is -2.34. The molecule has 1 saturated heterocycles. The van der Waals surface area contributed by atoms with E-state index in [2.05, 4.69) is 5.32 Å². The van der Waals surface area contributed by atoms with Crippen molar-refractivity contribution in [2.75, 3.05) is 38.0 Å². The van der Waals surface area contributed by atoms with Crippen molar-refractivity contribution in [2.24, 2.45) is 0 Å². The second-order valence-corrected chi connectivity index (χ2v) is 7.08. The molecule has 5 nitrogen and oxygen atoms in total. The molecular formula is C17H17ClFN3O2S. The summed E-state index contributed by atoms with van der Waals surface area (Å²) in [6, 6.07) is 7.75. The number of piperazine rings is 1. The molecule has 1 N–H and O–H groups in total. The molecule has 132 valence electrons. The zero-order valence-corrected chi connectivity index (χ0v) is 14.9. The highest BCUT2D eigenvalue weighted by Gasteiger charge is 2.23. The lowest BCUT2D eigenvalue weighted by Crippen LogP contribution is -2.50. The van der Waals surface area contributed by atoms with Gasteiger partial charge in [-0.25, -0.2) is 4.39 Å². The molecule has 2 heterocycles. The van der Waals surface area contributed by atoms with Crippen LogP contribution in [-0.2, 0) is 4.79 Å². The van der Waals surface area contributed by atoms with Crippen LogP contribution < -0.4 is 5.32 Å². The molecule has 8 heteroatoms. The number of rotatable bonds is 4. The standard InChI is InChI=1S/C17H17ClFN3O2S/c18-13-10-12(3-4-14(13)19)20-16(23)11-21-5-7-22(8-6-21)17(24)15-2-1-9-25-15/h1-4,9-10H,5-8,11H2,(H,20,23). The Hall–Kier alpha value is -1.96. The molecule has 0 spiro atoms. The van der Waals surface area contributed by atoms with Crippen LogP contribution >= 0.6 is 22.9 Å². The Bertz CT molecular complexity index is 761. The van der Waals surface area contributed by atoms with E-state index in [0.29, 0.717) is 31.9 Å². The van der Waals surface area contributed by atoms with Crippen molar-refractivity contribution in [3.63, 3.8) is 0 Å². The first-order valence-electron chi connectivity index (χ1n) is 7.83. The number of hydrogen-bond donors (Lipinski definition) is 1. The fourth-order valence-electron chi connectivity index (χ4n) is 2.64. The minimum Gasteiger partial charge on any atom is -0.335 e. The van der Waals surface area contributed by atoms with Crippen LogP contribution in [-0.4, -0.2) is 54.3 Å². The van der Waals surface area contributed by atoms with Gasteiger partial charge in [-0.3, -0.25) is 14.5 Å². The smallest absolute Gasteiger partial charge is 0.264 e. The summed E-state index contributed by atoms with van der Waals surface area (Å²) in [6.45, 7) is 2.66. The normalized spacial score (nSPS) is 15.2. The fourth-order valence-corrected chi connectivity index (χ4v) is 3.51. The Kier molecular flexibility index (Phi) is 5.67. The average molecular weight is 382 g/mol. The lowest BCUT2D eigenvalue weighted by molar-refractivity contribution is -0.117. The second-order valence-electron chi connectivity index (χ2n) is 5.72. The molecule has 2 amide bonds. The highest BCUT2D eigenvalue weighted by molar-refractivity contribution is 7.12. The van der Waals surface area contributed by atoms with Gasteiger partial charge in [-0.2, -0.15) is 0 Å². The Labute approximate surface area is 154 Å². The summed E-state index contributed by atoms with van der Waals surface area (Å²) in [4.78, 5) is 28.9. The number of hydrogen-bond acceptors (Lipinski definition) is 4. The highest BCUT2D eigenvalue weighted by atomic mass is 35.5. The van der Waals surface area contributed by atoms with Crippen LogP contribution in [0.3, 0.4) is 0 Å². The van der Waals surface area contributed by atoms with Gasteiger partial charge in [-0.15, -0.1) is 11.3 Å². The number of amides is 2. The van der Waals surface area contributed by atoms with Gasteiger partial charge < -0.3 is 10.2 Å². The van der Waals surface area contributed by atoms with Gasteiger partial charge in [0.2, 0.25) is 5.91 Å². The van der Waals surface area contributed by atoms with Crippen LogP contribution in [0.15, 0.2) is 35.7 Å². The Morgan fingerprint density at radius 3 is 2.60 bits per heavy atom. The lowest BCUT2D eigenvalue weighted by atomic mass is 10.2. The number of halogens is 2. The third-order valence-electron chi connectivity index (χ3n) is 3.96. The number of nitrogens with zero attached hydrogens (tertiary/aromatic N) is 2. The van der Waals surface area contributed by atoms with Crippen molar-refractivity contribution < 1.29 is 14.0 Å². The Balaban J connectivity index is 1.47. The van der Waals surface area contributed by atoms with E-state index >= 15 is 0 Å². The van der Waals surface area contributed by atoms with Crippen LogP contribution in [0, 0.1) is 5.82 Å². The van der Waals surface area contributed by atoms with Gasteiger partial charge >= 0.3 is 0 Å². The Morgan fingerprint density at radius 2 is 1.96 bits per heavy atom. The van der Waals surface area contributed by atoms with Gasteiger partial charge in [0, 0.05) is 31.9 Å². The van der Waals surface area contributed by atoms with E-state index in [9.17, 15) is 14.0 Å². The zero-order valence-electron chi connectivity index (χ0n) is 13.4. The monoisotopic (exact) mass is 381 g/mol. The van der Waals surface area contributed by atoms with Gasteiger partial charge in [0.05, 0.1) is 16.4 Å². The molecule has 1 aromatic heterocycles. The van der Waals surface area contributed by atoms with E-state index in [4.69, 9.17) is 11.6 Å². The van der Waals surface area contributed by atoms with Crippen LogP contribution in [0.25, 0.3) is 0 Å². The maximum Gasteiger partial charge on any atom is 0.264 e. The first-order chi connectivity index (χ1) is 12.0. The molecule has 0 aliphatic carbocycles. The van der Waals surface area contributed by atoms with Crippen molar-refractivity contribution >= 4 is 40.4 Å². The molecule has 0 bridgehead atoms. The van der Waals surface area contributed by atoms with Crippen LogP contribution in [0.5, 0.6) is 0 Å². The van der Waals surface area contributed by atoms with Gasteiger partial charge in [0.1, 0.15) is 5.82 Å². The number of nitrogens with one attached hydrogen (secondary N) is 1. The molecular weight excluding hydrogens is 365 g/mol. The first kappa shape index (κ1) is 17.8. The second kappa shape index (κ2) is 7.95. The number of benzene rings is 1. The third-order valence-corrected chi connectivity index (χ3v) is 5.11. The van der Waals surface area contributed by atoms with E-state index in [-0.39, 0.29) is 23.4 Å². The summed E-state index contributed by atoms with van der Waals surface area (Å²) < 4.78 is 13.1. The highest BCUT2D eigenvalue weighted by Crippen LogP contribution is 2.19. The minimum atomic E-state index is -0.522. The number of carbonyl (C=O) groups excluding carboxylic acids is 2. The summed E-state index contributed by atoms with van der Waals surface area (Å²) in [5.74, 6) is -0.674. The van der Waals surface area contributed by atoms with Gasteiger partial charge in [0.15, 0.2) is 0 Å². The van der Waals surface area contributed by atoms with E-state index in [1.54, 1.807) is 4.90 Å². The summed E-state index contributed by atoms with van der Waals surface area (Å²) in [6.07, 6.45) is 0. The maximum atomic E-state index is 13.1. The summed E-state index contributed by atoms with van der Waals surface area (Å²) in [5, 5.41) is 4.56. The summed E-state index contributed by atoms with van der Waals surface area (Å²) >= 11 is 7.14. The largest absolute Gasteiger partial charge is 0.335 e. The predicted octanol–water partition coefficient (Wildman–Crippen LogP) is 2.94. The molecule has 0 radical (unpaired) electrons. The molecule has 0 saturated carbocycles. The molecule has 25 heavy (non-hydrogen) atoms. The SMILES string of the molecule is O=C(CN1CCN(C(=O)c2cccs2)CC1)Nc1ccc(F)c(Cl)c1.